The van der Waals surface area contributed by atoms with Crippen LogP contribution in [0.15, 0.2) is 0 Å². The Labute approximate surface area is 90.2 Å². The van der Waals surface area contributed by atoms with Crippen LogP contribution in [0.4, 0.5) is 0 Å². The van der Waals surface area contributed by atoms with Crippen LogP contribution in [0, 0.1) is 16.7 Å². The van der Waals surface area contributed by atoms with E-state index in [0.717, 1.165) is 12.8 Å². The molecule has 0 heterocycles. The largest absolute Gasteiger partial charge is 0.454 e. The predicted octanol–water partition coefficient (Wildman–Crippen LogP) is 1.94. The molecule has 0 spiro atoms. The zero-order valence-electron chi connectivity index (χ0n) is 9.79. The molecule has 2 aliphatic carbocycles. The van der Waals surface area contributed by atoms with E-state index in [-0.39, 0.29) is 28.5 Å². The first-order valence-corrected chi connectivity index (χ1v) is 5.51. The van der Waals surface area contributed by atoms with E-state index in [2.05, 4.69) is 20.8 Å². The molecule has 2 bridgehead atoms. The minimum atomic E-state index is -0.510. The highest BCUT2D eigenvalue weighted by atomic mass is 16.5. The molecule has 84 valence electrons. The Balaban J connectivity index is 2.36. The Morgan fingerprint density at radius 2 is 2.00 bits per heavy atom. The van der Waals surface area contributed by atoms with Gasteiger partial charge in [0.1, 0.15) is 0 Å². The Kier molecular flexibility index (Phi) is 2.01. The number of ketones is 1. The number of esters is 1. The van der Waals surface area contributed by atoms with Gasteiger partial charge in [-0.1, -0.05) is 20.8 Å². The molecule has 2 rings (SSSR count). The summed E-state index contributed by atoms with van der Waals surface area (Å²) in [5.74, 6) is -0.145. The fraction of sp³-hybridized carbons (Fsp3) is 0.833. The fourth-order valence-electron chi connectivity index (χ4n) is 3.34. The number of hydrogen-bond donors (Lipinski definition) is 0. The van der Waals surface area contributed by atoms with Gasteiger partial charge in [0, 0.05) is 18.3 Å². The van der Waals surface area contributed by atoms with Crippen molar-refractivity contribution in [1.29, 1.82) is 0 Å². The lowest BCUT2D eigenvalue weighted by atomic mass is 9.70. The highest BCUT2D eigenvalue weighted by molar-refractivity contribution is 5.92. The quantitative estimate of drug-likeness (QED) is 0.621. The van der Waals surface area contributed by atoms with Crippen molar-refractivity contribution in [2.24, 2.45) is 16.7 Å². The number of rotatable bonds is 1. The molecule has 3 unspecified atom stereocenters. The number of hydrogen-bond acceptors (Lipinski definition) is 3. The number of fused-ring (bicyclic) bond motifs is 2. The molecule has 0 N–H and O–H groups in total. The average Bonchev–Trinajstić information content (AvgIpc) is 2.39. The van der Waals surface area contributed by atoms with Crippen molar-refractivity contribution in [2.45, 2.75) is 46.6 Å². The summed E-state index contributed by atoms with van der Waals surface area (Å²) >= 11 is 0. The molecule has 2 aliphatic rings. The van der Waals surface area contributed by atoms with E-state index in [4.69, 9.17) is 4.74 Å². The lowest BCUT2D eigenvalue weighted by Crippen LogP contribution is -2.40. The van der Waals surface area contributed by atoms with Crippen LogP contribution in [0.3, 0.4) is 0 Å². The Hall–Kier alpha value is -0.860. The summed E-state index contributed by atoms with van der Waals surface area (Å²) in [7, 11) is 0. The van der Waals surface area contributed by atoms with Gasteiger partial charge in [0.25, 0.3) is 0 Å². The summed E-state index contributed by atoms with van der Waals surface area (Å²) in [4.78, 5) is 23.0. The van der Waals surface area contributed by atoms with Crippen molar-refractivity contribution in [3.63, 3.8) is 0 Å². The molecule has 15 heavy (non-hydrogen) atoms. The van der Waals surface area contributed by atoms with Crippen molar-refractivity contribution < 1.29 is 14.3 Å². The van der Waals surface area contributed by atoms with E-state index in [1.807, 2.05) is 0 Å². The molecule has 0 saturated heterocycles. The van der Waals surface area contributed by atoms with Crippen LogP contribution in [0.25, 0.3) is 0 Å². The van der Waals surface area contributed by atoms with Gasteiger partial charge in [-0.25, -0.2) is 0 Å². The third-order valence-electron chi connectivity index (χ3n) is 4.76. The number of carbonyl (C=O) groups is 2. The summed E-state index contributed by atoms with van der Waals surface area (Å²) in [5.41, 5.74) is -0.204. The maximum Gasteiger partial charge on any atom is 0.303 e. The van der Waals surface area contributed by atoms with Crippen molar-refractivity contribution in [2.75, 3.05) is 0 Å². The van der Waals surface area contributed by atoms with E-state index < -0.39 is 6.10 Å². The molecular weight excluding hydrogens is 192 g/mol. The smallest absolute Gasteiger partial charge is 0.303 e. The van der Waals surface area contributed by atoms with E-state index in [0.29, 0.717) is 0 Å². The lowest BCUT2D eigenvalue weighted by molar-refractivity contribution is -0.160. The predicted molar refractivity (Wildman–Crippen MR) is 55.2 cm³/mol. The lowest BCUT2D eigenvalue weighted by Gasteiger charge is -2.36. The molecule has 0 amide bonds. The number of carbonyl (C=O) groups excluding carboxylic acids is 2. The summed E-state index contributed by atoms with van der Waals surface area (Å²) in [6.07, 6.45) is 1.41. The standard InChI is InChI=1S/C12H18O3/c1-7(13)15-10-9(14)8-5-6-12(10,4)11(8,2)3/h8,10H,5-6H2,1-4H3. The zero-order valence-corrected chi connectivity index (χ0v) is 9.79. The SMILES string of the molecule is CC(=O)OC1C(=O)C2CCC1(C)C2(C)C. The van der Waals surface area contributed by atoms with Gasteiger partial charge >= 0.3 is 5.97 Å². The molecule has 2 fully saturated rings. The van der Waals surface area contributed by atoms with Gasteiger partial charge in [-0.15, -0.1) is 0 Å². The maximum absolute atomic E-state index is 12.0. The molecule has 0 radical (unpaired) electrons. The first kappa shape index (κ1) is 10.7. The van der Waals surface area contributed by atoms with E-state index in [1.165, 1.54) is 6.92 Å². The van der Waals surface area contributed by atoms with Crippen LogP contribution in [0.1, 0.15) is 40.5 Å². The Bertz CT molecular complexity index is 332. The van der Waals surface area contributed by atoms with E-state index in [9.17, 15) is 9.59 Å². The van der Waals surface area contributed by atoms with Crippen LogP contribution < -0.4 is 0 Å². The molecule has 3 nitrogen and oxygen atoms in total. The minimum absolute atomic E-state index is 0.0375. The van der Waals surface area contributed by atoms with Crippen LogP contribution >= 0.6 is 0 Å². The van der Waals surface area contributed by atoms with Gasteiger partial charge in [0.2, 0.25) is 0 Å². The van der Waals surface area contributed by atoms with Gasteiger partial charge in [0.15, 0.2) is 11.9 Å². The van der Waals surface area contributed by atoms with Gasteiger partial charge < -0.3 is 4.74 Å². The molecule has 0 aliphatic heterocycles. The van der Waals surface area contributed by atoms with Crippen LogP contribution in [-0.4, -0.2) is 17.9 Å². The second-order valence-electron chi connectivity index (χ2n) is 5.62. The van der Waals surface area contributed by atoms with Crippen molar-refractivity contribution in [3.05, 3.63) is 0 Å². The van der Waals surface area contributed by atoms with Crippen LogP contribution in [0.2, 0.25) is 0 Å². The monoisotopic (exact) mass is 210 g/mol. The van der Waals surface area contributed by atoms with Gasteiger partial charge in [-0.2, -0.15) is 0 Å². The van der Waals surface area contributed by atoms with Gasteiger partial charge in [-0.05, 0) is 18.3 Å². The molecule has 3 heteroatoms. The topological polar surface area (TPSA) is 43.4 Å². The van der Waals surface area contributed by atoms with Crippen molar-refractivity contribution >= 4 is 11.8 Å². The molecule has 3 atom stereocenters. The zero-order chi connectivity index (χ0) is 11.4. The first-order chi connectivity index (χ1) is 6.80. The average molecular weight is 210 g/mol. The molecular formula is C12H18O3. The highest BCUT2D eigenvalue weighted by Crippen LogP contribution is 2.64. The molecule has 0 aromatic rings. The summed E-state index contributed by atoms with van der Waals surface area (Å²) in [6, 6.07) is 0. The first-order valence-electron chi connectivity index (χ1n) is 5.51. The fourth-order valence-corrected chi connectivity index (χ4v) is 3.34. The second kappa shape index (κ2) is 2.83. The highest BCUT2D eigenvalue weighted by Gasteiger charge is 2.67. The van der Waals surface area contributed by atoms with Crippen molar-refractivity contribution in [3.8, 4) is 0 Å². The van der Waals surface area contributed by atoms with Crippen LogP contribution in [-0.2, 0) is 14.3 Å². The van der Waals surface area contributed by atoms with Crippen molar-refractivity contribution in [1.82, 2.24) is 0 Å². The third kappa shape index (κ3) is 1.12. The van der Waals surface area contributed by atoms with E-state index in [1.54, 1.807) is 0 Å². The number of ether oxygens (including phenoxy) is 1. The molecule has 2 saturated carbocycles. The van der Waals surface area contributed by atoms with Gasteiger partial charge in [0.05, 0.1) is 0 Å². The second-order valence-corrected chi connectivity index (χ2v) is 5.62. The summed E-state index contributed by atoms with van der Waals surface area (Å²) < 4.78 is 5.21. The minimum Gasteiger partial charge on any atom is -0.454 e. The van der Waals surface area contributed by atoms with Crippen LogP contribution in [0.5, 0.6) is 0 Å². The molecule has 0 aromatic carbocycles. The summed E-state index contributed by atoms with van der Waals surface area (Å²) in [5, 5.41) is 0. The molecule has 0 aromatic heterocycles. The van der Waals surface area contributed by atoms with Gasteiger partial charge in [-0.3, -0.25) is 9.59 Å². The van der Waals surface area contributed by atoms with E-state index >= 15 is 0 Å². The normalized spacial score (nSPS) is 42.0. The maximum atomic E-state index is 12.0. The summed E-state index contributed by atoms with van der Waals surface area (Å²) in [6.45, 7) is 7.68. The Morgan fingerprint density at radius 1 is 1.40 bits per heavy atom. The third-order valence-corrected chi connectivity index (χ3v) is 4.76. The Morgan fingerprint density at radius 3 is 2.40 bits per heavy atom. The number of Topliss-reactive ketones (excluding diaryl/α,β-unsaturated/α-hetero) is 1.